The highest BCUT2D eigenvalue weighted by Gasteiger charge is 2.14. The van der Waals surface area contributed by atoms with Gasteiger partial charge >= 0.3 is 5.97 Å². The Hall–Kier alpha value is -0.690. The molecule has 0 saturated carbocycles. The SMILES string of the molecule is NCCCC[C@H](NNN)C(=O)O. The third-order valence-electron chi connectivity index (χ3n) is 1.50. The van der Waals surface area contributed by atoms with Gasteiger partial charge < -0.3 is 10.8 Å². The van der Waals surface area contributed by atoms with E-state index in [0.29, 0.717) is 13.0 Å². The van der Waals surface area contributed by atoms with Crippen molar-refractivity contribution in [2.75, 3.05) is 6.54 Å². The van der Waals surface area contributed by atoms with E-state index in [1.54, 1.807) is 0 Å². The molecule has 0 aliphatic heterocycles. The Morgan fingerprint density at radius 2 is 2.17 bits per heavy atom. The molecule has 0 rings (SSSR count). The van der Waals surface area contributed by atoms with Crippen LogP contribution in [-0.4, -0.2) is 23.7 Å². The molecule has 6 heteroatoms. The second-order valence-corrected chi connectivity index (χ2v) is 2.46. The minimum Gasteiger partial charge on any atom is -0.480 e. The lowest BCUT2D eigenvalue weighted by Gasteiger charge is -2.12. The number of nitrogens with two attached hydrogens (primary N) is 2. The number of nitrogens with one attached hydrogen (secondary N) is 2. The van der Waals surface area contributed by atoms with Crippen LogP contribution in [0.15, 0.2) is 0 Å². The molecule has 0 unspecified atom stereocenters. The smallest absolute Gasteiger partial charge is 0.322 e. The molecular formula is C6H16N4O2. The molecule has 0 amide bonds. The maximum Gasteiger partial charge on any atom is 0.322 e. The van der Waals surface area contributed by atoms with E-state index in [1.165, 1.54) is 0 Å². The Morgan fingerprint density at radius 3 is 2.58 bits per heavy atom. The molecule has 0 spiro atoms. The predicted molar refractivity (Wildman–Crippen MR) is 44.8 cm³/mol. The van der Waals surface area contributed by atoms with E-state index in [9.17, 15) is 4.79 Å². The molecule has 0 fully saturated rings. The molecule has 1 atom stereocenters. The lowest BCUT2D eigenvalue weighted by Crippen LogP contribution is -2.48. The van der Waals surface area contributed by atoms with Crippen LogP contribution in [0, 0.1) is 0 Å². The standard InChI is InChI=1S/C6H16N4O2/c7-4-2-1-3-5(6(11)12)9-10-8/h5,9-10H,1-4,7-8H2,(H,11,12)/t5-/m0/s1. The van der Waals surface area contributed by atoms with Gasteiger partial charge in [-0.3, -0.25) is 10.6 Å². The number of carboxylic acids is 1. The van der Waals surface area contributed by atoms with Crippen molar-refractivity contribution in [3.05, 3.63) is 0 Å². The van der Waals surface area contributed by atoms with Crippen LogP contribution < -0.4 is 22.5 Å². The Balaban J connectivity index is 3.56. The second-order valence-electron chi connectivity index (χ2n) is 2.46. The van der Waals surface area contributed by atoms with Crippen LogP contribution in [0.2, 0.25) is 0 Å². The normalized spacial score (nSPS) is 12.8. The van der Waals surface area contributed by atoms with Crippen LogP contribution in [0.25, 0.3) is 0 Å². The topological polar surface area (TPSA) is 113 Å². The van der Waals surface area contributed by atoms with E-state index in [2.05, 4.69) is 11.0 Å². The molecule has 0 radical (unpaired) electrons. The number of aliphatic carboxylic acids is 1. The molecule has 0 aromatic rings. The first kappa shape index (κ1) is 11.3. The summed E-state index contributed by atoms with van der Waals surface area (Å²) in [6.07, 6.45) is 2.13. The van der Waals surface area contributed by atoms with Gasteiger partial charge in [-0.25, -0.2) is 5.43 Å². The summed E-state index contributed by atoms with van der Waals surface area (Å²) in [5.41, 5.74) is 9.80. The van der Waals surface area contributed by atoms with Crippen LogP contribution in [0.3, 0.4) is 0 Å². The number of hydrogen-bond acceptors (Lipinski definition) is 5. The van der Waals surface area contributed by atoms with Gasteiger partial charge in [0, 0.05) is 0 Å². The zero-order valence-corrected chi connectivity index (χ0v) is 6.92. The minimum atomic E-state index is -0.912. The fraction of sp³-hybridized carbons (Fsp3) is 0.833. The van der Waals surface area contributed by atoms with Gasteiger partial charge in [0.25, 0.3) is 0 Å². The third-order valence-corrected chi connectivity index (χ3v) is 1.50. The number of carbonyl (C=O) groups is 1. The van der Waals surface area contributed by atoms with Crippen LogP contribution in [0.1, 0.15) is 19.3 Å². The van der Waals surface area contributed by atoms with Crippen LogP contribution in [0.4, 0.5) is 0 Å². The van der Waals surface area contributed by atoms with E-state index in [4.69, 9.17) is 16.7 Å². The summed E-state index contributed by atoms with van der Waals surface area (Å²) in [7, 11) is 0. The van der Waals surface area contributed by atoms with Crippen molar-refractivity contribution in [2.45, 2.75) is 25.3 Å². The number of rotatable bonds is 7. The first-order valence-corrected chi connectivity index (χ1v) is 3.86. The maximum atomic E-state index is 10.5. The highest BCUT2D eigenvalue weighted by Crippen LogP contribution is 1.99. The summed E-state index contributed by atoms with van der Waals surface area (Å²) in [4.78, 5) is 10.5. The van der Waals surface area contributed by atoms with E-state index in [-0.39, 0.29) is 0 Å². The zero-order valence-electron chi connectivity index (χ0n) is 6.92. The third kappa shape index (κ3) is 5.03. The minimum absolute atomic E-state index is 0.525. The van der Waals surface area contributed by atoms with E-state index >= 15 is 0 Å². The Labute approximate surface area is 71.2 Å². The van der Waals surface area contributed by atoms with E-state index in [1.807, 2.05) is 0 Å². The molecule has 0 aliphatic rings. The van der Waals surface area contributed by atoms with E-state index in [0.717, 1.165) is 12.8 Å². The largest absolute Gasteiger partial charge is 0.480 e. The zero-order chi connectivity index (χ0) is 9.40. The van der Waals surface area contributed by atoms with Crippen molar-refractivity contribution in [2.24, 2.45) is 11.6 Å². The second kappa shape index (κ2) is 6.99. The molecule has 0 heterocycles. The Morgan fingerprint density at radius 1 is 1.50 bits per heavy atom. The van der Waals surface area contributed by atoms with Crippen molar-refractivity contribution in [3.63, 3.8) is 0 Å². The van der Waals surface area contributed by atoms with Gasteiger partial charge in [-0.05, 0) is 25.8 Å². The van der Waals surface area contributed by atoms with Gasteiger partial charge in [-0.2, -0.15) is 5.53 Å². The molecule has 0 aliphatic carbocycles. The highest BCUT2D eigenvalue weighted by atomic mass is 16.4. The number of carboxylic acid groups (broad SMARTS) is 1. The van der Waals surface area contributed by atoms with E-state index < -0.39 is 12.0 Å². The predicted octanol–water partition coefficient (Wildman–Crippen LogP) is -1.46. The molecule has 72 valence electrons. The highest BCUT2D eigenvalue weighted by molar-refractivity contribution is 5.73. The molecule has 0 aromatic heterocycles. The molecule has 0 saturated heterocycles. The van der Waals surface area contributed by atoms with Gasteiger partial charge in [-0.1, -0.05) is 0 Å². The molecule has 7 N–H and O–H groups in total. The first-order chi connectivity index (χ1) is 5.72. The summed E-state index contributed by atoms with van der Waals surface area (Å²) in [5, 5.41) is 8.61. The monoisotopic (exact) mass is 176 g/mol. The van der Waals surface area contributed by atoms with Gasteiger partial charge in [0.05, 0.1) is 0 Å². The van der Waals surface area contributed by atoms with Crippen molar-refractivity contribution in [3.8, 4) is 0 Å². The number of hydrazine groups is 2. The first-order valence-electron chi connectivity index (χ1n) is 3.86. The lowest BCUT2D eigenvalue weighted by atomic mass is 10.1. The molecular weight excluding hydrogens is 160 g/mol. The molecule has 6 nitrogen and oxygen atoms in total. The molecule has 0 aromatic carbocycles. The fourth-order valence-electron chi connectivity index (χ4n) is 0.851. The Kier molecular flexibility index (Phi) is 6.58. The quantitative estimate of drug-likeness (QED) is 0.184. The van der Waals surface area contributed by atoms with Crippen LogP contribution >= 0.6 is 0 Å². The van der Waals surface area contributed by atoms with Gasteiger partial charge in [0.15, 0.2) is 0 Å². The van der Waals surface area contributed by atoms with Gasteiger partial charge in [-0.15, -0.1) is 0 Å². The van der Waals surface area contributed by atoms with Crippen molar-refractivity contribution in [1.29, 1.82) is 0 Å². The molecule has 0 bridgehead atoms. The van der Waals surface area contributed by atoms with Crippen LogP contribution in [-0.2, 0) is 4.79 Å². The number of unbranched alkanes of at least 4 members (excludes halogenated alkanes) is 1. The summed E-state index contributed by atoms with van der Waals surface area (Å²) < 4.78 is 0. The summed E-state index contributed by atoms with van der Waals surface area (Å²) in [6.45, 7) is 0.586. The number of hydrogen-bond donors (Lipinski definition) is 5. The van der Waals surface area contributed by atoms with Crippen molar-refractivity contribution >= 4 is 5.97 Å². The van der Waals surface area contributed by atoms with Crippen molar-refractivity contribution < 1.29 is 9.90 Å². The summed E-state index contributed by atoms with van der Waals surface area (Å²) in [6, 6.07) is -0.637. The fourth-order valence-corrected chi connectivity index (χ4v) is 0.851. The lowest BCUT2D eigenvalue weighted by molar-refractivity contribution is -0.140. The average molecular weight is 176 g/mol. The Bertz CT molecular complexity index is 131. The van der Waals surface area contributed by atoms with Crippen molar-refractivity contribution in [1.82, 2.24) is 11.0 Å². The van der Waals surface area contributed by atoms with Gasteiger partial charge in [0.1, 0.15) is 6.04 Å². The summed E-state index contributed by atoms with van der Waals surface area (Å²) in [5.74, 6) is 4.01. The maximum absolute atomic E-state index is 10.5. The molecule has 12 heavy (non-hydrogen) atoms. The average Bonchev–Trinajstić information content (AvgIpc) is 2.03. The van der Waals surface area contributed by atoms with Crippen LogP contribution in [0.5, 0.6) is 0 Å². The summed E-state index contributed by atoms with van der Waals surface area (Å²) >= 11 is 0. The van der Waals surface area contributed by atoms with Gasteiger partial charge in [0.2, 0.25) is 0 Å².